The van der Waals surface area contributed by atoms with Crippen LogP contribution in [0.3, 0.4) is 0 Å². The van der Waals surface area contributed by atoms with Crippen molar-refractivity contribution in [2.75, 3.05) is 0 Å². The van der Waals surface area contributed by atoms with Crippen LogP contribution in [0.1, 0.15) is 34.4 Å². The third-order valence-corrected chi connectivity index (χ3v) is 4.13. The summed E-state index contributed by atoms with van der Waals surface area (Å²) in [6.45, 7) is 2.63. The lowest BCUT2D eigenvalue weighted by Crippen LogP contribution is -2.22. The minimum Gasteiger partial charge on any atom is -0.346 e. The molecule has 2 aromatic rings. The van der Waals surface area contributed by atoms with Crippen molar-refractivity contribution < 1.29 is 4.79 Å². The minimum atomic E-state index is -0.141. The second-order valence-corrected chi connectivity index (χ2v) is 5.85. The number of hydrogen-bond acceptors (Lipinski definition) is 3. The Kier molecular flexibility index (Phi) is 4.54. The van der Waals surface area contributed by atoms with Gasteiger partial charge in [-0.15, -0.1) is 11.3 Å². The average Bonchev–Trinajstić information content (AvgIpc) is 2.96. The standard InChI is InChI=1S/C12H14BrN3OS/c1-2-3-9-5-11(16-15-9)12(17)14-6-10-4-8(13)7-18-10/h4-5,7H,2-3,6H2,1H3,(H,14,17)(H,15,16). The molecular weight excluding hydrogens is 314 g/mol. The molecule has 6 heteroatoms. The van der Waals surface area contributed by atoms with Crippen LogP contribution in [0.15, 0.2) is 22.0 Å². The van der Waals surface area contributed by atoms with E-state index in [1.807, 2.05) is 17.5 Å². The van der Waals surface area contributed by atoms with E-state index in [1.54, 1.807) is 11.3 Å². The zero-order valence-corrected chi connectivity index (χ0v) is 12.4. The molecule has 0 radical (unpaired) electrons. The van der Waals surface area contributed by atoms with E-state index >= 15 is 0 Å². The Morgan fingerprint density at radius 2 is 2.39 bits per heavy atom. The van der Waals surface area contributed by atoms with E-state index in [1.165, 1.54) is 0 Å². The molecule has 96 valence electrons. The van der Waals surface area contributed by atoms with Crippen molar-refractivity contribution in [2.45, 2.75) is 26.3 Å². The molecule has 2 N–H and O–H groups in total. The van der Waals surface area contributed by atoms with Crippen molar-refractivity contribution >= 4 is 33.2 Å². The molecule has 0 aliphatic rings. The predicted octanol–water partition coefficient (Wildman–Crippen LogP) is 3.12. The highest BCUT2D eigenvalue weighted by Gasteiger charge is 2.10. The van der Waals surface area contributed by atoms with Crippen LogP contribution in [-0.4, -0.2) is 16.1 Å². The summed E-state index contributed by atoms with van der Waals surface area (Å²) < 4.78 is 1.04. The molecule has 0 aliphatic carbocycles. The molecule has 0 fully saturated rings. The maximum Gasteiger partial charge on any atom is 0.272 e. The van der Waals surface area contributed by atoms with E-state index in [0.717, 1.165) is 27.9 Å². The number of hydrogen-bond donors (Lipinski definition) is 2. The van der Waals surface area contributed by atoms with Gasteiger partial charge < -0.3 is 5.32 Å². The monoisotopic (exact) mass is 327 g/mol. The highest BCUT2D eigenvalue weighted by atomic mass is 79.9. The van der Waals surface area contributed by atoms with Gasteiger partial charge in [0.1, 0.15) is 5.69 Å². The lowest BCUT2D eigenvalue weighted by Gasteiger charge is -1.99. The van der Waals surface area contributed by atoms with Crippen molar-refractivity contribution in [3.8, 4) is 0 Å². The van der Waals surface area contributed by atoms with Crippen molar-refractivity contribution in [2.24, 2.45) is 0 Å². The largest absolute Gasteiger partial charge is 0.346 e. The van der Waals surface area contributed by atoms with Crippen LogP contribution in [0.5, 0.6) is 0 Å². The van der Waals surface area contributed by atoms with E-state index in [4.69, 9.17) is 0 Å². The molecular formula is C12H14BrN3OS. The van der Waals surface area contributed by atoms with Crippen molar-refractivity contribution in [3.05, 3.63) is 38.3 Å². The Labute approximate surface area is 118 Å². The Balaban J connectivity index is 1.90. The van der Waals surface area contributed by atoms with Gasteiger partial charge in [0.15, 0.2) is 0 Å². The minimum absolute atomic E-state index is 0.141. The van der Waals surface area contributed by atoms with E-state index in [-0.39, 0.29) is 5.91 Å². The summed E-state index contributed by atoms with van der Waals surface area (Å²) in [5, 5.41) is 11.7. The topological polar surface area (TPSA) is 57.8 Å². The zero-order valence-electron chi connectivity index (χ0n) is 10.00. The van der Waals surface area contributed by atoms with Gasteiger partial charge in [0.25, 0.3) is 5.91 Å². The molecule has 0 unspecified atom stereocenters. The fourth-order valence-corrected chi connectivity index (χ4v) is 2.97. The first kappa shape index (κ1) is 13.3. The molecule has 4 nitrogen and oxygen atoms in total. The van der Waals surface area contributed by atoms with Gasteiger partial charge in [0, 0.05) is 20.4 Å². The number of rotatable bonds is 5. The van der Waals surface area contributed by atoms with Gasteiger partial charge in [0.2, 0.25) is 0 Å². The van der Waals surface area contributed by atoms with Crippen molar-refractivity contribution in [1.82, 2.24) is 15.5 Å². The molecule has 2 heterocycles. The number of nitrogens with one attached hydrogen (secondary N) is 2. The number of aromatic nitrogens is 2. The summed E-state index contributed by atoms with van der Waals surface area (Å²) in [6, 6.07) is 3.81. The number of H-pyrrole nitrogens is 1. The second-order valence-electron chi connectivity index (χ2n) is 3.94. The molecule has 0 atom stereocenters. The molecule has 18 heavy (non-hydrogen) atoms. The molecule has 0 saturated carbocycles. The molecule has 0 saturated heterocycles. The summed E-state index contributed by atoms with van der Waals surface area (Å²) in [4.78, 5) is 13.0. The number of thiophene rings is 1. The van der Waals surface area contributed by atoms with Crippen LogP contribution in [0.2, 0.25) is 0 Å². The smallest absolute Gasteiger partial charge is 0.272 e. The number of amides is 1. The Morgan fingerprint density at radius 3 is 3.06 bits per heavy atom. The predicted molar refractivity (Wildman–Crippen MR) is 75.8 cm³/mol. The van der Waals surface area contributed by atoms with Gasteiger partial charge in [-0.1, -0.05) is 13.3 Å². The molecule has 0 aliphatic heterocycles. The molecule has 0 bridgehead atoms. The number of halogens is 1. The average molecular weight is 328 g/mol. The van der Waals surface area contributed by atoms with Gasteiger partial charge in [-0.05, 0) is 34.5 Å². The third kappa shape index (κ3) is 3.43. The third-order valence-electron chi connectivity index (χ3n) is 2.43. The number of carbonyl (C=O) groups is 1. The van der Waals surface area contributed by atoms with Gasteiger partial charge in [-0.3, -0.25) is 9.89 Å². The summed E-state index contributed by atoms with van der Waals surface area (Å²) in [5.74, 6) is -0.141. The van der Waals surface area contributed by atoms with Gasteiger partial charge in [-0.2, -0.15) is 5.10 Å². The fraction of sp³-hybridized carbons (Fsp3) is 0.333. The van der Waals surface area contributed by atoms with Crippen LogP contribution < -0.4 is 5.32 Å². The highest BCUT2D eigenvalue weighted by molar-refractivity contribution is 9.10. The second kappa shape index (κ2) is 6.15. The molecule has 0 aromatic carbocycles. The quantitative estimate of drug-likeness (QED) is 0.886. The molecule has 1 amide bonds. The summed E-state index contributed by atoms with van der Waals surface area (Å²) in [5.41, 5.74) is 1.45. The number of aryl methyl sites for hydroxylation is 1. The lowest BCUT2D eigenvalue weighted by atomic mass is 10.2. The summed E-state index contributed by atoms with van der Waals surface area (Å²) >= 11 is 5.00. The summed E-state index contributed by atoms with van der Waals surface area (Å²) in [6.07, 6.45) is 1.95. The summed E-state index contributed by atoms with van der Waals surface area (Å²) in [7, 11) is 0. The van der Waals surface area contributed by atoms with E-state index in [0.29, 0.717) is 12.2 Å². The van der Waals surface area contributed by atoms with Crippen molar-refractivity contribution in [1.29, 1.82) is 0 Å². The van der Waals surface area contributed by atoms with Gasteiger partial charge in [-0.25, -0.2) is 0 Å². The van der Waals surface area contributed by atoms with Crippen LogP contribution in [0.25, 0.3) is 0 Å². The van der Waals surface area contributed by atoms with Crippen molar-refractivity contribution in [3.63, 3.8) is 0 Å². The van der Waals surface area contributed by atoms with E-state index in [9.17, 15) is 4.79 Å². The Morgan fingerprint density at radius 1 is 1.56 bits per heavy atom. The van der Waals surface area contributed by atoms with Crippen LogP contribution in [0, 0.1) is 0 Å². The maximum atomic E-state index is 11.8. The molecule has 2 aromatic heterocycles. The first-order chi connectivity index (χ1) is 8.69. The van der Waals surface area contributed by atoms with Crippen LogP contribution in [-0.2, 0) is 13.0 Å². The SMILES string of the molecule is CCCc1cc(C(=O)NCc2cc(Br)cs2)n[nH]1. The number of carbonyl (C=O) groups excluding carboxylic acids is 1. The van der Waals surface area contributed by atoms with Crippen LogP contribution in [0.4, 0.5) is 0 Å². The van der Waals surface area contributed by atoms with Gasteiger partial charge >= 0.3 is 0 Å². The lowest BCUT2D eigenvalue weighted by molar-refractivity contribution is 0.0946. The normalized spacial score (nSPS) is 10.6. The van der Waals surface area contributed by atoms with Gasteiger partial charge in [0.05, 0.1) is 6.54 Å². The Hall–Kier alpha value is -1.14. The number of nitrogens with zero attached hydrogens (tertiary/aromatic N) is 1. The zero-order chi connectivity index (χ0) is 13.0. The Bertz CT molecular complexity index is 535. The number of aromatic amines is 1. The van der Waals surface area contributed by atoms with Crippen LogP contribution >= 0.6 is 27.3 Å². The first-order valence-corrected chi connectivity index (χ1v) is 7.41. The van der Waals surface area contributed by atoms with E-state index < -0.39 is 0 Å². The maximum absolute atomic E-state index is 11.8. The molecule has 0 spiro atoms. The highest BCUT2D eigenvalue weighted by Crippen LogP contribution is 2.19. The fourth-order valence-electron chi connectivity index (χ4n) is 1.58. The van der Waals surface area contributed by atoms with E-state index in [2.05, 4.69) is 38.4 Å². The molecule has 2 rings (SSSR count). The first-order valence-electron chi connectivity index (χ1n) is 5.74.